The van der Waals surface area contributed by atoms with E-state index in [1.54, 1.807) is 0 Å². The van der Waals surface area contributed by atoms with Crippen molar-refractivity contribution in [3.8, 4) is 0 Å². The Balaban J connectivity index is 2.29. The molecule has 2 atom stereocenters. The second kappa shape index (κ2) is 4.32. The Morgan fingerprint density at radius 2 is 1.91 bits per heavy atom. The van der Waals surface area contributed by atoms with Crippen molar-refractivity contribution in [2.45, 2.75) is 57.0 Å². The topological polar surface area (TPSA) is 12.0 Å². The van der Waals surface area contributed by atoms with Crippen molar-refractivity contribution in [2.75, 3.05) is 0 Å². The zero-order valence-corrected chi connectivity index (χ0v) is 8.19. The van der Waals surface area contributed by atoms with E-state index in [4.69, 9.17) is 11.6 Å². The Bertz CT molecular complexity index is 114. The fourth-order valence-electron chi connectivity index (χ4n) is 1.70. The highest BCUT2D eigenvalue weighted by molar-refractivity contribution is 6.21. The lowest BCUT2D eigenvalue weighted by Crippen LogP contribution is -2.42. The second-order valence-corrected chi connectivity index (χ2v) is 4.29. The van der Waals surface area contributed by atoms with Gasteiger partial charge >= 0.3 is 0 Å². The third-order valence-electron chi connectivity index (χ3n) is 2.23. The summed E-state index contributed by atoms with van der Waals surface area (Å²) in [5, 5.41) is 3.87. The largest absolute Gasteiger partial charge is 0.310 e. The van der Waals surface area contributed by atoms with Gasteiger partial charge in [0.2, 0.25) is 0 Å². The predicted molar refractivity (Wildman–Crippen MR) is 50.2 cm³/mol. The Hall–Kier alpha value is 0.250. The van der Waals surface area contributed by atoms with Crippen LogP contribution < -0.4 is 5.32 Å². The molecule has 0 saturated heterocycles. The Kier molecular flexibility index (Phi) is 3.67. The first-order chi connectivity index (χ1) is 5.20. The molecule has 1 aliphatic rings. The molecule has 2 unspecified atom stereocenters. The molecule has 1 nitrogen and oxygen atoms in total. The zero-order chi connectivity index (χ0) is 8.27. The highest BCUT2D eigenvalue weighted by atomic mass is 35.5. The Labute approximate surface area is 74.5 Å². The van der Waals surface area contributed by atoms with Gasteiger partial charge in [-0.05, 0) is 12.8 Å². The van der Waals surface area contributed by atoms with Crippen LogP contribution in [-0.2, 0) is 0 Å². The summed E-state index contributed by atoms with van der Waals surface area (Å²) in [5.74, 6) is 0. The van der Waals surface area contributed by atoms with Crippen LogP contribution in [0.4, 0.5) is 0 Å². The molecule has 66 valence electrons. The molecular weight excluding hydrogens is 158 g/mol. The summed E-state index contributed by atoms with van der Waals surface area (Å²) in [5.41, 5.74) is 0. The predicted octanol–water partition coefficient (Wildman–Crippen LogP) is 2.53. The lowest BCUT2D eigenvalue weighted by Gasteiger charge is -2.29. The fourth-order valence-corrected chi connectivity index (χ4v) is 2.05. The molecule has 1 N–H and O–H groups in total. The third kappa shape index (κ3) is 3.00. The molecule has 2 heteroatoms. The Morgan fingerprint density at radius 3 is 2.45 bits per heavy atom. The van der Waals surface area contributed by atoms with Crippen molar-refractivity contribution in [1.29, 1.82) is 0 Å². The van der Waals surface area contributed by atoms with Crippen molar-refractivity contribution >= 4 is 11.6 Å². The maximum absolute atomic E-state index is 6.16. The van der Waals surface area contributed by atoms with Crippen LogP contribution in [0, 0.1) is 0 Å². The molecule has 11 heavy (non-hydrogen) atoms. The van der Waals surface area contributed by atoms with Crippen LogP contribution >= 0.6 is 11.6 Å². The minimum atomic E-state index is 0.367. The number of nitrogens with one attached hydrogen (secondary N) is 1. The van der Waals surface area contributed by atoms with E-state index in [1.165, 1.54) is 25.7 Å². The summed E-state index contributed by atoms with van der Waals surface area (Å²) in [7, 11) is 0. The smallest absolute Gasteiger partial charge is 0.0489 e. The molecule has 0 aromatic rings. The maximum atomic E-state index is 6.16. The van der Waals surface area contributed by atoms with Gasteiger partial charge in [0.05, 0.1) is 0 Å². The molecule has 0 aliphatic heterocycles. The normalized spacial score (nSPS) is 32.7. The third-order valence-corrected chi connectivity index (χ3v) is 2.75. The van der Waals surface area contributed by atoms with E-state index in [9.17, 15) is 0 Å². The number of alkyl halides is 1. The quantitative estimate of drug-likeness (QED) is 0.637. The van der Waals surface area contributed by atoms with Crippen molar-refractivity contribution in [1.82, 2.24) is 5.32 Å². The van der Waals surface area contributed by atoms with Crippen molar-refractivity contribution in [2.24, 2.45) is 0 Å². The van der Waals surface area contributed by atoms with E-state index in [-0.39, 0.29) is 0 Å². The number of hydrogen-bond donors (Lipinski definition) is 1. The lowest BCUT2D eigenvalue weighted by atomic mass is 9.94. The van der Waals surface area contributed by atoms with E-state index in [0.29, 0.717) is 17.5 Å². The number of hydrogen-bond acceptors (Lipinski definition) is 1. The number of rotatable bonds is 2. The average Bonchev–Trinajstić information content (AvgIpc) is 1.93. The molecular formula is C9H18ClN. The summed E-state index contributed by atoms with van der Waals surface area (Å²) in [6.07, 6.45) is 5.09. The monoisotopic (exact) mass is 175 g/mol. The molecule has 1 aliphatic carbocycles. The van der Waals surface area contributed by atoms with Gasteiger partial charge in [0, 0.05) is 17.5 Å². The van der Waals surface area contributed by atoms with Crippen LogP contribution in [0.5, 0.6) is 0 Å². The van der Waals surface area contributed by atoms with Gasteiger partial charge in [0.25, 0.3) is 0 Å². The molecule has 0 aromatic heterocycles. The first kappa shape index (κ1) is 9.34. The van der Waals surface area contributed by atoms with Gasteiger partial charge in [-0.2, -0.15) is 0 Å². The molecule has 0 aromatic carbocycles. The fraction of sp³-hybridized carbons (Fsp3) is 1.00. The van der Waals surface area contributed by atoms with Crippen molar-refractivity contribution < 1.29 is 0 Å². The molecule has 1 rings (SSSR count). The van der Waals surface area contributed by atoms with Gasteiger partial charge in [-0.15, -0.1) is 11.6 Å². The van der Waals surface area contributed by atoms with E-state index < -0.39 is 0 Å². The van der Waals surface area contributed by atoms with Gasteiger partial charge in [-0.1, -0.05) is 26.7 Å². The van der Waals surface area contributed by atoms with Crippen LogP contribution in [0.25, 0.3) is 0 Å². The minimum absolute atomic E-state index is 0.367. The second-order valence-electron chi connectivity index (χ2n) is 3.73. The minimum Gasteiger partial charge on any atom is -0.310 e. The number of halogens is 1. The summed E-state index contributed by atoms with van der Waals surface area (Å²) in [4.78, 5) is 0. The Morgan fingerprint density at radius 1 is 1.27 bits per heavy atom. The first-order valence-corrected chi connectivity index (χ1v) is 5.04. The van der Waals surface area contributed by atoms with Gasteiger partial charge in [0.1, 0.15) is 0 Å². The zero-order valence-electron chi connectivity index (χ0n) is 7.44. The van der Waals surface area contributed by atoms with Crippen LogP contribution in [0.1, 0.15) is 39.5 Å². The van der Waals surface area contributed by atoms with Crippen molar-refractivity contribution in [3.05, 3.63) is 0 Å². The highest BCUT2D eigenvalue weighted by Crippen LogP contribution is 2.23. The van der Waals surface area contributed by atoms with E-state index in [0.717, 1.165) is 0 Å². The molecule has 0 spiro atoms. The van der Waals surface area contributed by atoms with Gasteiger partial charge < -0.3 is 5.32 Å². The van der Waals surface area contributed by atoms with Gasteiger partial charge in [-0.3, -0.25) is 0 Å². The standard InChI is InChI=1S/C9H18ClN/c1-7(2)11-9-6-4-3-5-8(9)10/h7-9,11H,3-6H2,1-2H3. The maximum Gasteiger partial charge on any atom is 0.0489 e. The molecule has 1 fully saturated rings. The molecule has 0 radical (unpaired) electrons. The molecule has 0 bridgehead atoms. The van der Waals surface area contributed by atoms with Crippen LogP contribution in [0.2, 0.25) is 0 Å². The molecule has 0 heterocycles. The highest BCUT2D eigenvalue weighted by Gasteiger charge is 2.22. The van der Waals surface area contributed by atoms with Crippen LogP contribution in [0.15, 0.2) is 0 Å². The van der Waals surface area contributed by atoms with Gasteiger partial charge in [0.15, 0.2) is 0 Å². The van der Waals surface area contributed by atoms with Gasteiger partial charge in [-0.25, -0.2) is 0 Å². The molecule has 1 saturated carbocycles. The molecule has 0 amide bonds. The average molecular weight is 176 g/mol. The van der Waals surface area contributed by atoms with Crippen LogP contribution in [-0.4, -0.2) is 17.5 Å². The summed E-state index contributed by atoms with van der Waals surface area (Å²) < 4.78 is 0. The van der Waals surface area contributed by atoms with E-state index >= 15 is 0 Å². The summed E-state index contributed by atoms with van der Waals surface area (Å²) in [6, 6.07) is 1.13. The summed E-state index contributed by atoms with van der Waals surface area (Å²) in [6.45, 7) is 4.36. The van der Waals surface area contributed by atoms with Crippen LogP contribution in [0.3, 0.4) is 0 Å². The summed E-state index contributed by atoms with van der Waals surface area (Å²) >= 11 is 6.16. The van der Waals surface area contributed by atoms with E-state index in [2.05, 4.69) is 19.2 Å². The van der Waals surface area contributed by atoms with E-state index in [1.807, 2.05) is 0 Å². The lowest BCUT2D eigenvalue weighted by molar-refractivity contribution is 0.357. The van der Waals surface area contributed by atoms with Crippen molar-refractivity contribution in [3.63, 3.8) is 0 Å². The first-order valence-electron chi connectivity index (χ1n) is 4.60. The SMILES string of the molecule is CC(C)NC1CCCCC1Cl.